The largest absolute Gasteiger partial charge is 0.481 e. The highest BCUT2D eigenvalue weighted by molar-refractivity contribution is 6.08. The monoisotopic (exact) mass is 357 g/mol. The molecule has 26 heavy (non-hydrogen) atoms. The van der Waals surface area contributed by atoms with Crippen LogP contribution in [0.1, 0.15) is 30.6 Å². The predicted molar refractivity (Wildman–Crippen MR) is 96.9 cm³/mol. The molecule has 2 N–H and O–H groups in total. The summed E-state index contributed by atoms with van der Waals surface area (Å²) in [6, 6.07) is 6.66. The van der Waals surface area contributed by atoms with Crippen LogP contribution in [0.5, 0.6) is 0 Å². The third-order valence-electron chi connectivity index (χ3n) is 4.54. The Morgan fingerprint density at radius 3 is 2.73 bits per heavy atom. The number of rotatable bonds is 5. The van der Waals surface area contributed by atoms with Crippen molar-refractivity contribution in [3.05, 3.63) is 36.0 Å². The van der Waals surface area contributed by atoms with E-state index >= 15 is 0 Å². The van der Waals surface area contributed by atoms with Crippen LogP contribution in [-0.4, -0.2) is 51.5 Å². The molecule has 1 fully saturated rings. The molecule has 0 spiro atoms. The first-order chi connectivity index (χ1) is 12.4. The van der Waals surface area contributed by atoms with Crippen LogP contribution in [0.2, 0.25) is 0 Å². The van der Waals surface area contributed by atoms with Gasteiger partial charge in [-0.3, -0.25) is 14.4 Å². The van der Waals surface area contributed by atoms with Crippen molar-refractivity contribution in [2.24, 2.45) is 5.92 Å². The molecule has 2 amide bonds. The lowest BCUT2D eigenvalue weighted by Gasteiger charge is -2.34. The maximum Gasteiger partial charge on any atom is 0.305 e. The van der Waals surface area contributed by atoms with Crippen LogP contribution < -0.4 is 5.32 Å². The van der Waals surface area contributed by atoms with E-state index in [-0.39, 0.29) is 5.91 Å². The van der Waals surface area contributed by atoms with Crippen molar-refractivity contribution in [3.63, 3.8) is 0 Å². The molecule has 0 radical (unpaired) electrons. The van der Waals surface area contributed by atoms with Gasteiger partial charge in [-0.1, -0.05) is 32.0 Å². The van der Waals surface area contributed by atoms with E-state index in [0.717, 1.165) is 17.4 Å². The molecule has 2 heterocycles. The van der Waals surface area contributed by atoms with Crippen LogP contribution in [0.15, 0.2) is 30.5 Å². The number of aliphatic carboxylic acids is 1. The van der Waals surface area contributed by atoms with Crippen LogP contribution in [-0.2, 0) is 16.1 Å². The molecule has 138 valence electrons. The molecule has 1 aromatic heterocycles. The minimum Gasteiger partial charge on any atom is -0.481 e. The second-order valence-corrected chi connectivity index (χ2v) is 7.01. The topological polar surface area (TPSA) is 91.6 Å². The van der Waals surface area contributed by atoms with Gasteiger partial charge in [-0.25, -0.2) is 0 Å². The Morgan fingerprint density at radius 2 is 2.04 bits per heavy atom. The number of aromatic nitrogens is 1. The van der Waals surface area contributed by atoms with Crippen molar-refractivity contribution in [1.82, 2.24) is 14.8 Å². The van der Waals surface area contributed by atoms with Crippen LogP contribution in [0.4, 0.5) is 0 Å². The molecule has 7 heteroatoms. The average molecular weight is 357 g/mol. The molecule has 7 nitrogen and oxygen atoms in total. The van der Waals surface area contributed by atoms with E-state index in [4.69, 9.17) is 5.11 Å². The van der Waals surface area contributed by atoms with Crippen molar-refractivity contribution in [2.75, 3.05) is 13.1 Å². The highest BCUT2D eigenvalue weighted by Gasteiger charge is 2.36. The van der Waals surface area contributed by atoms with Gasteiger partial charge >= 0.3 is 5.97 Å². The molecule has 1 atom stereocenters. The highest BCUT2D eigenvalue weighted by atomic mass is 16.4. The number of fused-ring (bicyclic) bond motifs is 1. The second-order valence-electron chi connectivity index (χ2n) is 7.01. The van der Waals surface area contributed by atoms with E-state index < -0.39 is 24.3 Å². The molecule has 2 aromatic rings. The molecule has 3 rings (SSSR count). The zero-order valence-corrected chi connectivity index (χ0v) is 14.9. The number of carbonyl (C=O) groups is 3. The summed E-state index contributed by atoms with van der Waals surface area (Å²) in [5.41, 5.74) is 1.46. The van der Waals surface area contributed by atoms with Gasteiger partial charge in [0.05, 0.1) is 12.0 Å². The van der Waals surface area contributed by atoms with Gasteiger partial charge < -0.3 is 19.9 Å². The van der Waals surface area contributed by atoms with E-state index in [2.05, 4.69) is 19.2 Å². The Bertz CT molecular complexity index is 856. The number of nitrogens with zero attached hydrogens (tertiary/aromatic N) is 2. The Kier molecular flexibility index (Phi) is 4.97. The summed E-state index contributed by atoms with van der Waals surface area (Å²) in [5, 5.41) is 12.6. The first-order valence-corrected chi connectivity index (χ1v) is 8.77. The first kappa shape index (κ1) is 18.0. The summed E-state index contributed by atoms with van der Waals surface area (Å²) in [7, 11) is 0. The fourth-order valence-corrected chi connectivity index (χ4v) is 3.44. The number of carboxylic acid groups (broad SMARTS) is 1. The van der Waals surface area contributed by atoms with Crippen LogP contribution >= 0.6 is 0 Å². The number of hydrogen-bond acceptors (Lipinski definition) is 3. The van der Waals surface area contributed by atoms with Crippen molar-refractivity contribution in [2.45, 2.75) is 32.9 Å². The molecule has 1 aliphatic rings. The molecular weight excluding hydrogens is 334 g/mol. The van der Waals surface area contributed by atoms with Gasteiger partial charge in [0, 0.05) is 36.7 Å². The van der Waals surface area contributed by atoms with Crippen LogP contribution in [0.3, 0.4) is 0 Å². The van der Waals surface area contributed by atoms with Gasteiger partial charge in [0.25, 0.3) is 5.91 Å². The molecule has 0 saturated carbocycles. The van der Waals surface area contributed by atoms with E-state index in [9.17, 15) is 14.4 Å². The molecule has 0 bridgehead atoms. The summed E-state index contributed by atoms with van der Waals surface area (Å²) in [6.45, 7) is 5.60. The summed E-state index contributed by atoms with van der Waals surface area (Å²) in [6.07, 6.45) is 1.42. The lowest BCUT2D eigenvalue weighted by atomic mass is 10.1. The van der Waals surface area contributed by atoms with Gasteiger partial charge in [-0.15, -0.1) is 0 Å². The van der Waals surface area contributed by atoms with E-state index in [1.54, 1.807) is 0 Å². The molecule has 1 saturated heterocycles. The van der Waals surface area contributed by atoms with Gasteiger partial charge in [-0.05, 0) is 12.0 Å². The Labute approximate surface area is 151 Å². The Morgan fingerprint density at radius 1 is 1.31 bits per heavy atom. The van der Waals surface area contributed by atoms with E-state index in [1.807, 2.05) is 35.0 Å². The number of carbonyl (C=O) groups excluding carboxylic acids is 2. The van der Waals surface area contributed by atoms with Crippen LogP contribution in [0, 0.1) is 5.92 Å². The second kappa shape index (κ2) is 7.19. The maximum atomic E-state index is 13.2. The molecule has 1 aliphatic heterocycles. The normalized spacial score (nSPS) is 17.6. The Hall–Kier alpha value is -2.83. The quantitative estimate of drug-likeness (QED) is 0.852. The SMILES string of the molecule is CC(C)Cn1cc(C(=O)N2CCNC(=O)C2CC(=O)O)c2ccccc21. The van der Waals surface area contributed by atoms with Crippen molar-refractivity contribution in [1.29, 1.82) is 0 Å². The minimum atomic E-state index is -1.10. The fourth-order valence-electron chi connectivity index (χ4n) is 3.44. The average Bonchev–Trinajstić information content (AvgIpc) is 2.94. The van der Waals surface area contributed by atoms with E-state index in [1.165, 1.54) is 4.90 Å². The molecule has 1 unspecified atom stereocenters. The minimum absolute atomic E-state index is 0.298. The van der Waals surface area contributed by atoms with Gasteiger partial charge in [0.1, 0.15) is 6.04 Å². The summed E-state index contributed by atoms with van der Waals surface area (Å²) < 4.78 is 2.05. The van der Waals surface area contributed by atoms with Crippen molar-refractivity contribution < 1.29 is 19.5 Å². The van der Waals surface area contributed by atoms with Crippen LogP contribution in [0.25, 0.3) is 10.9 Å². The third kappa shape index (κ3) is 3.42. The summed E-state index contributed by atoms with van der Waals surface area (Å²) in [4.78, 5) is 37.8. The van der Waals surface area contributed by atoms with Crippen molar-refractivity contribution >= 4 is 28.7 Å². The maximum absolute atomic E-state index is 13.2. The molecule has 0 aliphatic carbocycles. The highest BCUT2D eigenvalue weighted by Crippen LogP contribution is 2.25. The number of benzene rings is 1. The summed E-state index contributed by atoms with van der Waals surface area (Å²) in [5.74, 6) is -1.41. The van der Waals surface area contributed by atoms with Gasteiger partial charge in [-0.2, -0.15) is 0 Å². The molecule has 1 aromatic carbocycles. The lowest BCUT2D eigenvalue weighted by molar-refractivity contribution is -0.142. The first-order valence-electron chi connectivity index (χ1n) is 8.77. The standard InChI is InChI=1S/C19H23N3O4/c1-12(2)10-21-11-14(13-5-3-4-6-15(13)21)19(26)22-8-7-20-18(25)16(22)9-17(23)24/h3-6,11-12,16H,7-10H2,1-2H3,(H,20,25)(H,23,24). The van der Waals surface area contributed by atoms with Gasteiger partial charge in [0.2, 0.25) is 5.91 Å². The molecular formula is C19H23N3O4. The smallest absolute Gasteiger partial charge is 0.305 e. The van der Waals surface area contributed by atoms with Crippen molar-refractivity contribution in [3.8, 4) is 0 Å². The predicted octanol–water partition coefficient (Wildman–Crippen LogP) is 1.71. The zero-order valence-electron chi connectivity index (χ0n) is 14.9. The lowest BCUT2D eigenvalue weighted by Crippen LogP contribution is -2.57. The number of piperazine rings is 1. The number of carboxylic acids is 1. The zero-order chi connectivity index (χ0) is 18.8. The Balaban J connectivity index is 2.00. The number of amides is 2. The third-order valence-corrected chi connectivity index (χ3v) is 4.54. The number of nitrogens with one attached hydrogen (secondary N) is 1. The van der Waals surface area contributed by atoms with E-state index in [0.29, 0.717) is 24.6 Å². The summed E-state index contributed by atoms with van der Waals surface area (Å²) >= 11 is 0. The fraction of sp³-hybridized carbons (Fsp3) is 0.421. The number of hydrogen-bond donors (Lipinski definition) is 2. The van der Waals surface area contributed by atoms with Gasteiger partial charge in [0.15, 0.2) is 0 Å². The number of para-hydroxylation sites is 1.